The Bertz CT molecular complexity index is 642. The van der Waals surface area contributed by atoms with Gasteiger partial charge in [0.15, 0.2) is 0 Å². The number of nitrogens with two attached hydrogens (primary N) is 1. The predicted octanol–water partition coefficient (Wildman–Crippen LogP) is 4.69. The van der Waals surface area contributed by atoms with E-state index in [4.69, 9.17) is 33.7 Å². The van der Waals surface area contributed by atoms with Gasteiger partial charge in [0.2, 0.25) is 5.88 Å². The van der Waals surface area contributed by atoms with Gasteiger partial charge in [-0.3, -0.25) is 0 Å². The lowest BCUT2D eigenvalue weighted by molar-refractivity contribution is 0.460. The highest BCUT2D eigenvalue weighted by Gasteiger charge is 2.12. The third kappa shape index (κ3) is 2.94. The van der Waals surface area contributed by atoms with Gasteiger partial charge in [0.1, 0.15) is 16.6 Å². The lowest BCUT2D eigenvalue weighted by atomic mass is 10.1. The molecule has 0 aliphatic carbocycles. The van der Waals surface area contributed by atoms with Crippen molar-refractivity contribution in [3.8, 4) is 11.6 Å². The Morgan fingerprint density at radius 3 is 2.42 bits per heavy atom. The molecule has 0 radical (unpaired) electrons. The van der Waals surface area contributed by atoms with Gasteiger partial charge >= 0.3 is 0 Å². The first-order valence-electron chi connectivity index (χ1n) is 5.75. The van der Waals surface area contributed by atoms with Crippen LogP contribution in [0, 0.1) is 20.8 Å². The van der Waals surface area contributed by atoms with Gasteiger partial charge in [-0.2, -0.15) is 4.98 Å². The van der Waals surface area contributed by atoms with Gasteiger partial charge in [-0.15, -0.1) is 0 Å². The van der Waals surface area contributed by atoms with Crippen molar-refractivity contribution >= 4 is 29.0 Å². The van der Waals surface area contributed by atoms with Crippen LogP contribution in [0.4, 0.5) is 5.82 Å². The van der Waals surface area contributed by atoms with Gasteiger partial charge in [0.05, 0.1) is 5.02 Å². The van der Waals surface area contributed by atoms with E-state index in [1.54, 1.807) is 0 Å². The zero-order valence-corrected chi connectivity index (χ0v) is 12.4. The van der Waals surface area contributed by atoms with Crippen molar-refractivity contribution in [2.45, 2.75) is 20.8 Å². The molecule has 2 N–H and O–H groups in total. The zero-order valence-electron chi connectivity index (χ0n) is 10.9. The van der Waals surface area contributed by atoms with E-state index in [9.17, 15) is 0 Å². The van der Waals surface area contributed by atoms with Gasteiger partial charge in [0.25, 0.3) is 0 Å². The fraction of sp³-hybridized carbons (Fsp3) is 0.214. The number of nitrogen functional groups attached to an aromatic ring is 1. The van der Waals surface area contributed by atoms with E-state index in [-0.39, 0.29) is 11.7 Å². The molecule has 0 atom stereocenters. The van der Waals surface area contributed by atoms with Gasteiger partial charge in [-0.05, 0) is 49.6 Å². The molecule has 0 fully saturated rings. The molecule has 0 bridgehead atoms. The molecule has 1 heterocycles. The highest BCUT2D eigenvalue weighted by atomic mass is 35.5. The summed E-state index contributed by atoms with van der Waals surface area (Å²) in [4.78, 5) is 4.06. The van der Waals surface area contributed by atoms with E-state index in [0.717, 1.165) is 16.7 Å². The standard InChI is InChI=1S/C14H14Cl2N2O/c1-7-4-8(2)9(3)12(5-7)19-14-11(16)6-10(15)13(17)18-14/h4-6H,1-3H3,(H2,17,18). The summed E-state index contributed by atoms with van der Waals surface area (Å²) in [5, 5.41) is 0.646. The number of nitrogens with zero attached hydrogens (tertiary/aromatic N) is 1. The maximum absolute atomic E-state index is 6.06. The summed E-state index contributed by atoms with van der Waals surface area (Å²) in [6, 6.07) is 5.55. The van der Waals surface area contributed by atoms with Crippen LogP contribution < -0.4 is 10.5 Å². The normalized spacial score (nSPS) is 10.6. The fourth-order valence-electron chi connectivity index (χ4n) is 1.75. The Hall–Kier alpha value is -1.45. The van der Waals surface area contributed by atoms with Crippen LogP contribution >= 0.6 is 23.2 Å². The SMILES string of the molecule is Cc1cc(C)c(C)c(Oc2nc(N)c(Cl)cc2Cl)c1. The zero-order chi connectivity index (χ0) is 14.2. The summed E-state index contributed by atoms with van der Waals surface area (Å²) in [7, 11) is 0. The van der Waals surface area contributed by atoms with Crippen molar-refractivity contribution in [3.63, 3.8) is 0 Å². The first-order valence-corrected chi connectivity index (χ1v) is 6.51. The minimum atomic E-state index is 0.197. The minimum absolute atomic E-state index is 0.197. The number of benzene rings is 1. The first-order chi connectivity index (χ1) is 8.88. The van der Waals surface area contributed by atoms with Crippen molar-refractivity contribution < 1.29 is 4.74 Å². The molecular weight excluding hydrogens is 283 g/mol. The summed E-state index contributed by atoms with van der Waals surface area (Å²) in [6.45, 7) is 6.02. The molecule has 0 saturated carbocycles. The van der Waals surface area contributed by atoms with Crippen molar-refractivity contribution in [3.05, 3.63) is 44.9 Å². The number of ether oxygens (including phenoxy) is 1. The Morgan fingerprint density at radius 1 is 1.05 bits per heavy atom. The van der Waals surface area contributed by atoms with Crippen LogP contribution in [0.2, 0.25) is 10.0 Å². The number of rotatable bonds is 2. The summed E-state index contributed by atoms with van der Waals surface area (Å²) in [5.74, 6) is 1.17. The van der Waals surface area contributed by atoms with Crippen LogP contribution in [0.5, 0.6) is 11.6 Å². The maximum Gasteiger partial charge on any atom is 0.240 e. The lowest BCUT2D eigenvalue weighted by Gasteiger charge is -2.13. The summed E-state index contributed by atoms with van der Waals surface area (Å²) in [5.41, 5.74) is 8.95. The van der Waals surface area contributed by atoms with E-state index < -0.39 is 0 Å². The van der Waals surface area contributed by atoms with Crippen LogP contribution in [0.3, 0.4) is 0 Å². The van der Waals surface area contributed by atoms with Gasteiger partial charge in [-0.25, -0.2) is 0 Å². The highest BCUT2D eigenvalue weighted by Crippen LogP contribution is 2.34. The minimum Gasteiger partial charge on any atom is -0.437 e. The third-order valence-electron chi connectivity index (χ3n) is 2.90. The average Bonchev–Trinajstić information content (AvgIpc) is 2.32. The van der Waals surface area contributed by atoms with Crippen LogP contribution in [0.15, 0.2) is 18.2 Å². The molecule has 0 aliphatic heterocycles. The Labute approximate surface area is 122 Å². The van der Waals surface area contributed by atoms with E-state index in [2.05, 4.69) is 11.1 Å². The number of halogens is 2. The molecule has 0 spiro atoms. The molecule has 0 unspecified atom stereocenters. The Morgan fingerprint density at radius 2 is 1.74 bits per heavy atom. The highest BCUT2D eigenvalue weighted by molar-refractivity contribution is 6.36. The summed E-state index contributed by atoms with van der Waals surface area (Å²) < 4.78 is 5.76. The number of pyridine rings is 1. The molecule has 2 rings (SSSR count). The number of hydrogen-bond donors (Lipinski definition) is 1. The first kappa shape index (κ1) is 14.0. The second-order valence-electron chi connectivity index (χ2n) is 4.45. The number of anilines is 1. The summed E-state index contributed by atoms with van der Waals surface area (Å²) >= 11 is 11.9. The van der Waals surface area contributed by atoms with E-state index >= 15 is 0 Å². The monoisotopic (exact) mass is 296 g/mol. The summed E-state index contributed by atoms with van der Waals surface area (Å²) in [6.07, 6.45) is 0. The van der Waals surface area contributed by atoms with Gasteiger partial charge < -0.3 is 10.5 Å². The van der Waals surface area contributed by atoms with E-state index in [0.29, 0.717) is 15.8 Å². The van der Waals surface area contributed by atoms with Crippen LogP contribution in [-0.4, -0.2) is 4.98 Å². The molecule has 3 nitrogen and oxygen atoms in total. The third-order valence-corrected chi connectivity index (χ3v) is 3.47. The average molecular weight is 297 g/mol. The number of aryl methyl sites for hydroxylation is 2. The largest absolute Gasteiger partial charge is 0.437 e. The quantitative estimate of drug-likeness (QED) is 0.875. The molecule has 1 aromatic heterocycles. The second kappa shape index (κ2) is 5.27. The van der Waals surface area contributed by atoms with Crippen molar-refractivity contribution in [2.24, 2.45) is 0 Å². The van der Waals surface area contributed by atoms with Crippen molar-refractivity contribution in [2.75, 3.05) is 5.73 Å². The molecule has 0 saturated heterocycles. The molecule has 100 valence electrons. The fourth-order valence-corrected chi connectivity index (χ4v) is 2.14. The Kier molecular flexibility index (Phi) is 3.88. The second-order valence-corrected chi connectivity index (χ2v) is 5.26. The van der Waals surface area contributed by atoms with Gasteiger partial charge in [-0.1, -0.05) is 29.3 Å². The lowest BCUT2D eigenvalue weighted by Crippen LogP contribution is -1.98. The topological polar surface area (TPSA) is 48.1 Å². The molecular formula is C14H14Cl2N2O. The molecule has 19 heavy (non-hydrogen) atoms. The number of aromatic nitrogens is 1. The maximum atomic E-state index is 6.06. The number of hydrogen-bond acceptors (Lipinski definition) is 3. The Balaban J connectivity index is 2.44. The molecule has 0 aliphatic rings. The van der Waals surface area contributed by atoms with Gasteiger partial charge in [0, 0.05) is 0 Å². The molecule has 2 aromatic rings. The molecule has 0 amide bonds. The van der Waals surface area contributed by atoms with Crippen LogP contribution in [0.1, 0.15) is 16.7 Å². The van der Waals surface area contributed by atoms with E-state index in [1.807, 2.05) is 26.8 Å². The van der Waals surface area contributed by atoms with Crippen LogP contribution in [-0.2, 0) is 0 Å². The molecule has 5 heteroatoms. The smallest absolute Gasteiger partial charge is 0.240 e. The predicted molar refractivity (Wildman–Crippen MR) is 79.4 cm³/mol. The van der Waals surface area contributed by atoms with E-state index in [1.165, 1.54) is 6.07 Å². The van der Waals surface area contributed by atoms with Crippen molar-refractivity contribution in [1.82, 2.24) is 4.98 Å². The van der Waals surface area contributed by atoms with Crippen LogP contribution in [0.25, 0.3) is 0 Å². The van der Waals surface area contributed by atoms with Crippen molar-refractivity contribution in [1.29, 1.82) is 0 Å². The molecule has 1 aromatic carbocycles.